The molecule has 4 atom stereocenters. The molecule has 0 unspecified atom stereocenters. The number of aliphatic hydroxyl groups excluding tert-OH is 3. The number of hydrogen-bond acceptors (Lipinski definition) is 9. The third-order valence-electron chi connectivity index (χ3n) is 4.78. The van der Waals surface area contributed by atoms with Crippen molar-refractivity contribution in [2.75, 3.05) is 24.8 Å². The molecule has 0 amide bonds. The molecule has 146 valence electrons. The van der Waals surface area contributed by atoms with Gasteiger partial charge in [-0.15, -0.1) is 0 Å². The van der Waals surface area contributed by atoms with Crippen LogP contribution in [0.2, 0.25) is 5.15 Å². The predicted octanol–water partition coefficient (Wildman–Crippen LogP) is 0.606. The molecule has 2 aromatic rings. The maximum atomic E-state index is 10.3. The molecule has 1 saturated carbocycles. The lowest BCUT2D eigenvalue weighted by Gasteiger charge is -2.21. The average Bonchev–Trinajstić information content (AvgIpc) is 2.90. The van der Waals surface area contributed by atoms with Crippen molar-refractivity contribution in [2.45, 2.75) is 31.6 Å². The van der Waals surface area contributed by atoms with Gasteiger partial charge in [0.25, 0.3) is 0 Å². The number of pyridine rings is 1. The summed E-state index contributed by atoms with van der Waals surface area (Å²) in [7, 11) is 1.53. The van der Waals surface area contributed by atoms with E-state index in [0.717, 1.165) is 0 Å². The van der Waals surface area contributed by atoms with E-state index in [1.54, 1.807) is 19.1 Å². The second-order valence-corrected chi connectivity index (χ2v) is 6.85. The van der Waals surface area contributed by atoms with Gasteiger partial charge in [-0.25, -0.2) is 9.97 Å². The van der Waals surface area contributed by atoms with E-state index in [2.05, 4.69) is 20.3 Å². The standard InChI is InChI=1S/C17H22ClN5O4/c1-7-9(3-4-11(20-7)27-2)12-15(18)22-17(19)23-16(12)21-10-5-8(6-24)13(25)14(10)26/h3-4,8,10,13-14,24-26H,5-6H2,1-2H3,(H3,19,21,22,23)/t8-,10-,13-,14+/m1/s1. The Bertz CT molecular complexity index is 837. The molecule has 0 spiro atoms. The van der Waals surface area contributed by atoms with Gasteiger partial charge in [0.15, 0.2) is 0 Å². The molecule has 2 heterocycles. The molecule has 27 heavy (non-hydrogen) atoms. The fourth-order valence-corrected chi connectivity index (χ4v) is 3.61. The summed E-state index contributed by atoms with van der Waals surface area (Å²) >= 11 is 6.34. The molecule has 6 N–H and O–H groups in total. The average molecular weight is 396 g/mol. The van der Waals surface area contributed by atoms with Crippen LogP contribution in [-0.4, -0.2) is 62.2 Å². The molecule has 0 aromatic carbocycles. The number of aryl methyl sites for hydroxylation is 1. The van der Waals surface area contributed by atoms with Gasteiger partial charge < -0.3 is 31.1 Å². The predicted molar refractivity (Wildman–Crippen MR) is 101 cm³/mol. The molecule has 2 aromatic heterocycles. The lowest BCUT2D eigenvalue weighted by atomic mass is 10.1. The van der Waals surface area contributed by atoms with Gasteiger partial charge in [0.05, 0.1) is 24.8 Å². The monoisotopic (exact) mass is 395 g/mol. The van der Waals surface area contributed by atoms with Gasteiger partial charge in [-0.3, -0.25) is 0 Å². The van der Waals surface area contributed by atoms with Crippen molar-refractivity contribution in [2.24, 2.45) is 5.92 Å². The third-order valence-corrected chi connectivity index (χ3v) is 5.05. The normalized spacial score (nSPS) is 24.8. The van der Waals surface area contributed by atoms with E-state index in [4.69, 9.17) is 22.1 Å². The smallest absolute Gasteiger partial charge is 0.223 e. The molecule has 1 aliphatic rings. The molecule has 1 aliphatic carbocycles. The van der Waals surface area contributed by atoms with Crippen LogP contribution in [0.15, 0.2) is 12.1 Å². The van der Waals surface area contributed by atoms with Crippen LogP contribution in [0.25, 0.3) is 11.1 Å². The van der Waals surface area contributed by atoms with Gasteiger partial charge in [-0.1, -0.05) is 11.6 Å². The van der Waals surface area contributed by atoms with Gasteiger partial charge in [-0.2, -0.15) is 4.98 Å². The Labute approximate surface area is 161 Å². The highest BCUT2D eigenvalue weighted by molar-refractivity contribution is 6.32. The minimum atomic E-state index is -1.07. The van der Waals surface area contributed by atoms with Crippen LogP contribution in [0.5, 0.6) is 5.88 Å². The fourth-order valence-electron chi connectivity index (χ4n) is 3.33. The summed E-state index contributed by atoms with van der Waals surface area (Å²) in [6.07, 6.45) is -1.74. The van der Waals surface area contributed by atoms with Crippen LogP contribution in [0.4, 0.5) is 11.8 Å². The van der Waals surface area contributed by atoms with Gasteiger partial charge in [0.2, 0.25) is 11.8 Å². The molecule has 0 bridgehead atoms. The summed E-state index contributed by atoms with van der Waals surface area (Å²) in [6.45, 7) is 1.57. The number of aromatic nitrogens is 3. The summed E-state index contributed by atoms with van der Waals surface area (Å²) in [5.41, 5.74) is 7.55. The van der Waals surface area contributed by atoms with Gasteiger partial charge in [0, 0.05) is 29.8 Å². The number of hydrogen-bond donors (Lipinski definition) is 5. The highest BCUT2D eigenvalue weighted by Gasteiger charge is 2.41. The van der Waals surface area contributed by atoms with E-state index in [1.807, 2.05) is 0 Å². The number of nitrogens with zero attached hydrogens (tertiary/aromatic N) is 3. The van der Waals surface area contributed by atoms with Crippen molar-refractivity contribution in [3.8, 4) is 17.0 Å². The zero-order valence-corrected chi connectivity index (χ0v) is 15.7. The van der Waals surface area contributed by atoms with Crippen LogP contribution in [0, 0.1) is 12.8 Å². The molecule has 0 radical (unpaired) electrons. The van der Waals surface area contributed by atoms with Gasteiger partial charge >= 0.3 is 0 Å². The van der Waals surface area contributed by atoms with Crippen molar-refractivity contribution in [3.63, 3.8) is 0 Å². The SMILES string of the molecule is COc1ccc(-c2c(Cl)nc(N)nc2N[C@@H]2C[C@H](CO)[C@@H](O)[C@H]2O)c(C)n1. The van der Waals surface area contributed by atoms with E-state index < -0.39 is 24.2 Å². The second-order valence-electron chi connectivity index (χ2n) is 6.49. The first-order chi connectivity index (χ1) is 12.8. The Kier molecular flexibility index (Phi) is 5.66. The molecule has 9 nitrogen and oxygen atoms in total. The molecular weight excluding hydrogens is 374 g/mol. The maximum absolute atomic E-state index is 10.3. The minimum Gasteiger partial charge on any atom is -0.481 e. The molecule has 10 heteroatoms. The fraction of sp³-hybridized carbons (Fsp3) is 0.471. The zero-order chi connectivity index (χ0) is 19.7. The Morgan fingerprint density at radius 1 is 1.26 bits per heavy atom. The highest BCUT2D eigenvalue weighted by Crippen LogP contribution is 2.37. The first-order valence-electron chi connectivity index (χ1n) is 8.44. The quantitative estimate of drug-likeness (QED) is 0.459. The van der Waals surface area contributed by atoms with Gasteiger partial charge in [-0.05, 0) is 19.4 Å². The number of nitrogens with two attached hydrogens (primary N) is 1. The van der Waals surface area contributed by atoms with E-state index in [1.165, 1.54) is 7.11 Å². The number of anilines is 2. The van der Waals surface area contributed by atoms with Crippen LogP contribution in [-0.2, 0) is 0 Å². The lowest BCUT2D eigenvalue weighted by Crippen LogP contribution is -2.35. The van der Waals surface area contributed by atoms with E-state index in [0.29, 0.717) is 34.9 Å². The lowest BCUT2D eigenvalue weighted by molar-refractivity contribution is 0.00446. The van der Waals surface area contributed by atoms with Crippen molar-refractivity contribution in [1.82, 2.24) is 15.0 Å². The van der Waals surface area contributed by atoms with Gasteiger partial charge in [0.1, 0.15) is 17.1 Å². The van der Waals surface area contributed by atoms with Crippen molar-refractivity contribution in [3.05, 3.63) is 23.0 Å². The zero-order valence-electron chi connectivity index (χ0n) is 14.9. The molecular formula is C17H22ClN5O4. The van der Waals surface area contributed by atoms with Crippen LogP contribution >= 0.6 is 11.6 Å². The molecule has 3 rings (SSSR count). The van der Waals surface area contributed by atoms with Crippen LogP contribution in [0.3, 0.4) is 0 Å². The number of rotatable bonds is 5. The molecule has 0 saturated heterocycles. The topological polar surface area (TPSA) is 147 Å². The van der Waals surface area contributed by atoms with Crippen molar-refractivity contribution < 1.29 is 20.1 Å². The van der Waals surface area contributed by atoms with Crippen molar-refractivity contribution in [1.29, 1.82) is 0 Å². The first kappa shape index (κ1) is 19.6. The number of nitrogens with one attached hydrogen (secondary N) is 1. The number of halogens is 1. The van der Waals surface area contributed by atoms with E-state index >= 15 is 0 Å². The Morgan fingerprint density at radius 2 is 2.00 bits per heavy atom. The van der Waals surface area contributed by atoms with Crippen molar-refractivity contribution >= 4 is 23.4 Å². The number of ether oxygens (including phenoxy) is 1. The maximum Gasteiger partial charge on any atom is 0.223 e. The van der Waals surface area contributed by atoms with E-state index in [9.17, 15) is 15.3 Å². The highest BCUT2D eigenvalue weighted by atomic mass is 35.5. The Hall–Kier alpha value is -2.20. The summed E-state index contributed by atoms with van der Waals surface area (Å²) < 4.78 is 5.13. The Balaban J connectivity index is 2.02. The molecule has 0 aliphatic heterocycles. The largest absolute Gasteiger partial charge is 0.481 e. The van der Waals surface area contributed by atoms with Crippen LogP contribution in [0.1, 0.15) is 12.1 Å². The number of aliphatic hydroxyl groups is 3. The number of nitrogen functional groups attached to an aromatic ring is 1. The first-order valence-corrected chi connectivity index (χ1v) is 8.82. The number of methoxy groups -OCH3 is 1. The second kappa shape index (κ2) is 7.81. The minimum absolute atomic E-state index is 0.0304. The summed E-state index contributed by atoms with van der Waals surface area (Å²) in [4.78, 5) is 12.6. The van der Waals surface area contributed by atoms with Crippen LogP contribution < -0.4 is 15.8 Å². The summed E-state index contributed by atoms with van der Waals surface area (Å²) in [6, 6.07) is 2.94. The van der Waals surface area contributed by atoms with E-state index in [-0.39, 0.29) is 17.7 Å². The summed E-state index contributed by atoms with van der Waals surface area (Å²) in [5, 5.41) is 32.9. The molecule has 1 fully saturated rings. The third kappa shape index (κ3) is 3.77. The summed E-state index contributed by atoms with van der Waals surface area (Å²) in [5.74, 6) is 0.313. The Morgan fingerprint density at radius 3 is 2.59 bits per heavy atom.